The second kappa shape index (κ2) is 7.07. The molecule has 0 radical (unpaired) electrons. The van der Waals surface area contributed by atoms with Gasteiger partial charge in [0.2, 0.25) is 5.91 Å². The van der Waals surface area contributed by atoms with Crippen molar-refractivity contribution in [1.82, 2.24) is 10.2 Å². The number of nitrogens with zero attached hydrogens (tertiary/aromatic N) is 1. The van der Waals surface area contributed by atoms with Crippen LogP contribution in [0.2, 0.25) is 5.02 Å². The summed E-state index contributed by atoms with van der Waals surface area (Å²) in [6.07, 6.45) is 1.19. The third-order valence-corrected chi connectivity index (χ3v) is 4.07. The number of aliphatic hydroxyl groups excluding tert-OH is 1. The molecule has 1 saturated heterocycles. The summed E-state index contributed by atoms with van der Waals surface area (Å²) in [5.74, 6) is 0.0369. The molecule has 1 fully saturated rings. The van der Waals surface area contributed by atoms with Crippen LogP contribution >= 0.6 is 11.6 Å². The first-order valence-electron chi connectivity index (χ1n) is 6.96. The minimum Gasteiger partial charge on any atom is -0.387 e. The smallest absolute Gasteiger partial charge is 0.224 e. The number of aliphatic hydroxyl groups is 1. The van der Waals surface area contributed by atoms with Gasteiger partial charge in [0.05, 0.1) is 12.0 Å². The molecule has 0 aliphatic carbocycles. The summed E-state index contributed by atoms with van der Waals surface area (Å²) in [5.41, 5.74) is 0.648. The van der Waals surface area contributed by atoms with Crippen molar-refractivity contribution in [3.8, 4) is 0 Å². The molecule has 0 bridgehead atoms. The van der Waals surface area contributed by atoms with Crippen LogP contribution in [0.4, 0.5) is 0 Å². The predicted octanol–water partition coefficient (Wildman–Crippen LogP) is 1.83. The molecule has 4 nitrogen and oxygen atoms in total. The van der Waals surface area contributed by atoms with Crippen molar-refractivity contribution < 1.29 is 9.90 Å². The number of piperidine rings is 1. The third kappa shape index (κ3) is 3.95. The summed E-state index contributed by atoms with van der Waals surface area (Å²) >= 11 is 6.02. The van der Waals surface area contributed by atoms with E-state index in [9.17, 15) is 9.90 Å². The molecule has 0 saturated carbocycles. The van der Waals surface area contributed by atoms with Gasteiger partial charge in [-0.05, 0) is 32.5 Å². The molecule has 2 rings (SSSR count). The number of benzene rings is 1. The van der Waals surface area contributed by atoms with E-state index < -0.39 is 6.10 Å². The van der Waals surface area contributed by atoms with E-state index in [2.05, 4.69) is 10.2 Å². The van der Waals surface area contributed by atoms with Gasteiger partial charge >= 0.3 is 0 Å². The Morgan fingerprint density at radius 3 is 3.00 bits per heavy atom. The normalized spacial score (nSPS) is 21.4. The fourth-order valence-corrected chi connectivity index (χ4v) is 2.84. The van der Waals surface area contributed by atoms with E-state index in [1.54, 1.807) is 12.1 Å². The van der Waals surface area contributed by atoms with Crippen molar-refractivity contribution in [2.45, 2.75) is 18.9 Å². The van der Waals surface area contributed by atoms with Crippen molar-refractivity contribution in [2.24, 2.45) is 5.92 Å². The van der Waals surface area contributed by atoms with Crippen molar-refractivity contribution >= 4 is 17.5 Å². The van der Waals surface area contributed by atoms with Crippen LogP contribution in [0.3, 0.4) is 0 Å². The van der Waals surface area contributed by atoms with E-state index in [-0.39, 0.29) is 18.4 Å². The summed E-state index contributed by atoms with van der Waals surface area (Å²) in [6, 6.07) is 7.14. The molecule has 0 spiro atoms. The maximum Gasteiger partial charge on any atom is 0.224 e. The lowest BCUT2D eigenvalue weighted by molar-refractivity contribution is -0.127. The van der Waals surface area contributed by atoms with E-state index in [1.807, 2.05) is 19.2 Å². The Labute approximate surface area is 124 Å². The highest BCUT2D eigenvalue weighted by Crippen LogP contribution is 2.22. The maximum absolute atomic E-state index is 12.1. The molecule has 1 aromatic carbocycles. The Hall–Kier alpha value is -1.10. The highest BCUT2D eigenvalue weighted by Gasteiger charge is 2.24. The zero-order valence-electron chi connectivity index (χ0n) is 11.7. The van der Waals surface area contributed by atoms with Gasteiger partial charge < -0.3 is 15.3 Å². The molecule has 0 aromatic heterocycles. The van der Waals surface area contributed by atoms with Gasteiger partial charge in [-0.15, -0.1) is 0 Å². The first-order valence-corrected chi connectivity index (χ1v) is 7.34. The average molecular weight is 297 g/mol. The lowest BCUT2D eigenvalue weighted by atomic mass is 9.97. The third-order valence-electron chi connectivity index (χ3n) is 3.73. The number of rotatable bonds is 4. The van der Waals surface area contributed by atoms with Crippen molar-refractivity contribution in [3.05, 3.63) is 34.9 Å². The van der Waals surface area contributed by atoms with Gasteiger partial charge in [0.25, 0.3) is 0 Å². The highest BCUT2D eigenvalue weighted by atomic mass is 35.5. The monoisotopic (exact) mass is 296 g/mol. The fourth-order valence-electron chi connectivity index (χ4n) is 2.58. The number of halogens is 1. The van der Waals surface area contributed by atoms with Crippen LogP contribution in [-0.4, -0.2) is 42.6 Å². The maximum atomic E-state index is 12.1. The highest BCUT2D eigenvalue weighted by molar-refractivity contribution is 6.31. The second-order valence-electron chi connectivity index (χ2n) is 5.38. The van der Waals surface area contributed by atoms with Crippen LogP contribution in [0, 0.1) is 5.92 Å². The Morgan fingerprint density at radius 2 is 2.30 bits per heavy atom. The quantitative estimate of drug-likeness (QED) is 0.891. The van der Waals surface area contributed by atoms with Crippen LogP contribution < -0.4 is 5.32 Å². The molecular weight excluding hydrogens is 276 g/mol. The van der Waals surface area contributed by atoms with E-state index in [1.165, 1.54) is 0 Å². The molecule has 2 unspecified atom stereocenters. The van der Waals surface area contributed by atoms with Crippen molar-refractivity contribution in [2.75, 3.05) is 26.7 Å². The Bertz CT molecular complexity index is 467. The van der Waals surface area contributed by atoms with Crippen LogP contribution in [0.5, 0.6) is 0 Å². The molecule has 1 amide bonds. The van der Waals surface area contributed by atoms with Gasteiger partial charge in [-0.2, -0.15) is 0 Å². The standard InChI is InChI=1S/C15H21ClN2O2/c1-18-8-4-5-11(10-18)15(20)17-9-14(19)12-6-2-3-7-13(12)16/h2-3,6-7,11,14,19H,4-5,8-10H2,1H3,(H,17,20). The van der Waals surface area contributed by atoms with Crippen LogP contribution in [0.15, 0.2) is 24.3 Å². The van der Waals surface area contributed by atoms with Crippen LogP contribution in [0.1, 0.15) is 24.5 Å². The Balaban J connectivity index is 1.85. The van der Waals surface area contributed by atoms with Gasteiger partial charge in [0.15, 0.2) is 0 Å². The molecular formula is C15H21ClN2O2. The first-order chi connectivity index (χ1) is 9.58. The van der Waals surface area contributed by atoms with Gasteiger partial charge in [-0.1, -0.05) is 29.8 Å². The molecule has 5 heteroatoms. The van der Waals surface area contributed by atoms with Crippen molar-refractivity contribution in [1.29, 1.82) is 0 Å². The molecule has 1 aromatic rings. The summed E-state index contributed by atoms with van der Waals surface area (Å²) in [7, 11) is 2.03. The Morgan fingerprint density at radius 1 is 1.55 bits per heavy atom. The lowest BCUT2D eigenvalue weighted by Crippen LogP contribution is -2.42. The first kappa shape index (κ1) is 15.3. The number of carbonyl (C=O) groups excluding carboxylic acids is 1. The molecule has 1 aliphatic rings. The number of hydrogen-bond donors (Lipinski definition) is 2. The van der Waals surface area contributed by atoms with E-state index in [0.29, 0.717) is 10.6 Å². The van der Waals surface area contributed by atoms with Gasteiger partial charge in [0, 0.05) is 23.7 Å². The van der Waals surface area contributed by atoms with Crippen LogP contribution in [-0.2, 0) is 4.79 Å². The zero-order chi connectivity index (χ0) is 14.5. The van der Waals surface area contributed by atoms with E-state index in [0.717, 1.165) is 25.9 Å². The van der Waals surface area contributed by atoms with Gasteiger partial charge in [-0.3, -0.25) is 4.79 Å². The minimum absolute atomic E-state index is 0.0163. The molecule has 1 aliphatic heterocycles. The number of carbonyl (C=O) groups is 1. The van der Waals surface area contributed by atoms with E-state index in [4.69, 9.17) is 11.6 Å². The largest absolute Gasteiger partial charge is 0.387 e. The fraction of sp³-hybridized carbons (Fsp3) is 0.533. The molecule has 20 heavy (non-hydrogen) atoms. The van der Waals surface area contributed by atoms with Crippen LogP contribution in [0.25, 0.3) is 0 Å². The van der Waals surface area contributed by atoms with Gasteiger partial charge in [0.1, 0.15) is 0 Å². The topological polar surface area (TPSA) is 52.6 Å². The lowest BCUT2D eigenvalue weighted by Gasteiger charge is -2.29. The predicted molar refractivity (Wildman–Crippen MR) is 79.6 cm³/mol. The molecule has 2 atom stereocenters. The number of nitrogens with one attached hydrogen (secondary N) is 1. The SMILES string of the molecule is CN1CCCC(C(=O)NCC(O)c2ccccc2Cl)C1. The number of amides is 1. The molecule has 110 valence electrons. The minimum atomic E-state index is -0.769. The zero-order valence-corrected chi connectivity index (χ0v) is 12.4. The average Bonchev–Trinajstić information content (AvgIpc) is 2.45. The van der Waals surface area contributed by atoms with Crippen molar-refractivity contribution in [3.63, 3.8) is 0 Å². The summed E-state index contributed by atoms with van der Waals surface area (Å²) in [6.45, 7) is 2.03. The number of likely N-dealkylation sites (tertiary alicyclic amines) is 1. The molecule has 1 heterocycles. The summed E-state index contributed by atoms with van der Waals surface area (Å²) < 4.78 is 0. The summed E-state index contributed by atoms with van der Waals surface area (Å²) in [5, 5.41) is 13.4. The van der Waals surface area contributed by atoms with E-state index >= 15 is 0 Å². The Kier molecular flexibility index (Phi) is 5.40. The second-order valence-corrected chi connectivity index (χ2v) is 5.79. The summed E-state index contributed by atoms with van der Waals surface area (Å²) in [4.78, 5) is 14.2. The number of hydrogen-bond acceptors (Lipinski definition) is 3. The van der Waals surface area contributed by atoms with Gasteiger partial charge in [-0.25, -0.2) is 0 Å². The molecule has 2 N–H and O–H groups in total.